The standard InChI is InChI=1S/C24H25N3O5S2/c1-9(2)6-13(23(30)31)27-21(28)16-11-7-12(17(16)22(27)29)18-15(11)14(10-4-3-5-25-8-10)19-20(33-18)26-24(32)34-19/h3-5,8-9,11-18H,6-7H2,1-2H3,(H,26,32)(H,30,31)/t11-,12+,13-,14+,15+,16+,17+,18-/m1/s1. The number of aliphatic carboxylic acids is 1. The fraction of sp³-hybridized carbons (Fsp3) is 0.542. The fourth-order valence-electron chi connectivity index (χ4n) is 7.04. The Morgan fingerprint density at radius 1 is 1.24 bits per heavy atom. The molecule has 8 atom stereocenters. The molecule has 0 unspecified atom stereocenters. The van der Waals surface area contributed by atoms with Crippen LogP contribution in [-0.2, 0) is 14.4 Å². The summed E-state index contributed by atoms with van der Waals surface area (Å²) in [6.07, 6.45) is 4.57. The molecular formula is C24H25N3O5S2. The van der Waals surface area contributed by atoms with E-state index in [-0.39, 0.29) is 57.9 Å². The van der Waals surface area contributed by atoms with Gasteiger partial charge in [-0.3, -0.25) is 24.3 Å². The number of carbonyl (C=O) groups is 3. The third-order valence-corrected chi connectivity index (χ3v) is 10.7. The lowest BCUT2D eigenvalue weighted by Crippen LogP contribution is -2.47. The van der Waals surface area contributed by atoms with Crippen molar-refractivity contribution >= 4 is 40.9 Å². The van der Waals surface area contributed by atoms with Crippen LogP contribution in [0.2, 0.25) is 0 Å². The molecule has 4 heterocycles. The number of thioether (sulfide) groups is 1. The van der Waals surface area contributed by atoms with Crippen molar-refractivity contribution in [3.63, 3.8) is 0 Å². The number of pyridine rings is 1. The second-order valence-corrected chi connectivity index (χ2v) is 12.5. The van der Waals surface area contributed by atoms with E-state index in [0.717, 1.165) is 26.8 Å². The number of aromatic nitrogens is 2. The molecule has 2 aliphatic carbocycles. The Morgan fingerprint density at radius 2 is 1.97 bits per heavy atom. The lowest BCUT2D eigenvalue weighted by atomic mass is 9.68. The minimum atomic E-state index is -1.12. The molecule has 2 N–H and O–H groups in total. The van der Waals surface area contributed by atoms with Gasteiger partial charge in [-0.25, -0.2) is 4.79 Å². The molecule has 10 heteroatoms. The smallest absolute Gasteiger partial charge is 0.326 e. The summed E-state index contributed by atoms with van der Waals surface area (Å²) in [5.74, 6) is -2.71. The van der Waals surface area contributed by atoms with Crippen molar-refractivity contribution in [2.75, 3.05) is 0 Å². The number of carbonyl (C=O) groups excluding carboxylic acids is 2. The first kappa shape index (κ1) is 22.0. The summed E-state index contributed by atoms with van der Waals surface area (Å²) in [5, 5.41) is 10.8. The predicted molar refractivity (Wildman–Crippen MR) is 125 cm³/mol. The van der Waals surface area contributed by atoms with E-state index in [9.17, 15) is 24.3 Å². The summed E-state index contributed by atoms with van der Waals surface area (Å²) in [6, 6.07) is 2.78. The van der Waals surface area contributed by atoms with Crippen LogP contribution in [0.15, 0.2) is 34.3 Å². The van der Waals surface area contributed by atoms with Gasteiger partial charge >= 0.3 is 10.8 Å². The van der Waals surface area contributed by atoms with Crippen molar-refractivity contribution in [3.8, 4) is 0 Å². The fourth-order valence-corrected chi connectivity index (χ4v) is 9.93. The summed E-state index contributed by atoms with van der Waals surface area (Å²) in [4.78, 5) is 60.8. The van der Waals surface area contributed by atoms with Gasteiger partial charge in [-0.05, 0) is 48.1 Å². The Morgan fingerprint density at radius 3 is 2.62 bits per heavy atom. The van der Waals surface area contributed by atoms with Gasteiger partial charge in [0.15, 0.2) is 0 Å². The van der Waals surface area contributed by atoms with E-state index in [4.69, 9.17) is 0 Å². The Kier molecular flexibility index (Phi) is 5.04. The molecule has 1 saturated heterocycles. The average Bonchev–Trinajstić information content (AvgIpc) is 3.51. The van der Waals surface area contributed by atoms with Crippen molar-refractivity contribution in [3.05, 3.63) is 44.6 Å². The lowest BCUT2D eigenvalue weighted by Gasteiger charge is -2.42. The van der Waals surface area contributed by atoms with Crippen molar-refractivity contribution in [1.82, 2.24) is 14.9 Å². The number of carboxylic acids is 1. The molecule has 6 rings (SSSR count). The molecule has 2 bridgehead atoms. The summed E-state index contributed by atoms with van der Waals surface area (Å²) < 4.78 is 0. The molecule has 8 nitrogen and oxygen atoms in total. The molecule has 3 fully saturated rings. The first-order chi connectivity index (χ1) is 16.3. The highest BCUT2D eigenvalue weighted by atomic mass is 32.2. The number of nitrogens with one attached hydrogen (secondary N) is 1. The van der Waals surface area contributed by atoms with Gasteiger partial charge in [0.05, 0.1) is 16.9 Å². The zero-order valence-corrected chi connectivity index (χ0v) is 20.3. The van der Waals surface area contributed by atoms with Crippen LogP contribution in [-0.4, -0.2) is 49.0 Å². The van der Waals surface area contributed by atoms with Crippen LogP contribution in [0.3, 0.4) is 0 Å². The normalized spacial score (nSPS) is 34.3. The number of rotatable bonds is 5. The molecule has 2 amide bonds. The number of imide groups is 1. The molecule has 178 valence electrons. The van der Waals surface area contributed by atoms with Gasteiger partial charge < -0.3 is 10.1 Å². The number of aromatic amines is 1. The third kappa shape index (κ3) is 3.00. The monoisotopic (exact) mass is 499 g/mol. The van der Waals surface area contributed by atoms with Crippen LogP contribution in [0.25, 0.3) is 0 Å². The predicted octanol–water partition coefficient (Wildman–Crippen LogP) is 2.80. The summed E-state index contributed by atoms with van der Waals surface area (Å²) in [7, 11) is 0. The van der Waals surface area contributed by atoms with Crippen LogP contribution in [0, 0.1) is 35.5 Å². The molecule has 0 aromatic carbocycles. The molecule has 0 spiro atoms. The molecule has 34 heavy (non-hydrogen) atoms. The topological polar surface area (TPSA) is 120 Å². The molecule has 2 aromatic rings. The lowest BCUT2D eigenvalue weighted by molar-refractivity contribution is -0.156. The van der Waals surface area contributed by atoms with Gasteiger partial charge in [0.25, 0.3) is 0 Å². The second kappa shape index (κ2) is 7.78. The minimum Gasteiger partial charge on any atom is -0.480 e. The van der Waals surface area contributed by atoms with Gasteiger partial charge in [-0.1, -0.05) is 31.3 Å². The van der Waals surface area contributed by atoms with Crippen LogP contribution in [0.4, 0.5) is 0 Å². The van der Waals surface area contributed by atoms with Crippen molar-refractivity contribution in [1.29, 1.82) is 0 Å². The van der Waals surface area contributed by atoms with Gasteiger partial charge in [0.1, 0.15) is 6.04 Å². The zero-order chi connectivity index (χ0) is 23.9. The zero-order valence-electron chi connectivity index (χ0n) is 18.7. The number of amides is 2. The number of hydrogen-bond acceptors (Lipinski definition) is 7. The number of likely N-dealkylation sites (tertiary alicyclic amines) is 1. The minimum absolute atomic E-state index is 0.0179. The summed E-state index contributed by atoms with van der Waals surface area (Å²) in [5.41, 5.74) is 1.01. The van der Waals surface area contributed by atoms with Crippen molar-refractivity contribution in [2.24, 2.45) is 35.5 Å². The maximum Gasteiger partial charge on any atom is 0.326 e. The summed E-state index contributed by atoms with van der Waals surface area (Å²) in [6.45, 7) is 3.79. The van der Waals surface area contributed by atoms with Gasteiger partial charge in [-0.15, -0.1) is 11.8 Å². The first-order valence-electron chi connectivity index (χ1n) is 11.7. The molecular weight excluding hydrogens is 474 g/mol. The highest BCUT2D eigenvalue weighted by Crippen LogP contribution is 2.68. The number of fused-ring (bicyclic) bond motifs is 9. The second-order valence-electron chi connectivity index (χ2n) is 10.3. The van der Waals surface area contributed by atoms with Crippen LogP contribution < -0.4 is 4.87 Å². The third-order valence-electron chi connectivity index (χ3n) is 8.09. The number of thiazole rings is 1. The van der Waals surface area contributed by atoms with E-state index in [0.29, 0.717) is 0 Å². The van der Waals surface area contributed by atoms with Gasteiger partial charge in [-0.2, -0.15) is 0 Å². The molecule has 0 radical (unpaired) electrons. The molecule has 2 saturated carbocycles. The van der Waals surface area contributed by atoms with Crippen molar-refractivity contribution < 1.29 is 19.5 Å². The number of carboxylic acid groups (broad SMARTS) is 1. The Labute approximate surface area is 204 Å². The van der Waals surface area contributed by atoms with E-state index >= 15 is 0 Å². The number of hydrogen-bond donors (Lipinski definition) is 2. The maximum absolute atomic E-state index is 13.7. The number of H-pyrrole nitrogens is 1. The average molecular weight is 500 g/mol. The molecule has 4 aliphatic rings. The van der Waals surface area contributed by atoms with Crippen LogP contribution in [0.5, 0.6) is 0 Å². The highest BCUT2D eigenvalue weighted by Gasteiger charge is 2.70. The van der Waals surface area contributed by atoms with Gasteiger partial charge in [0.2, 0.25) is 11.8 Å². The largest absolute Gasteiger partial charge is 0.480 e. The Hall–Kier alpha value is -2.46. The Balaban J connectivity index is 1.42. The Bertz CT molecular complexity index is 1240. The summed E-state index contributed by atoms with van der Waals surface area (Å²) >= 11 is 2.84. The maximum atomic E-state index is 13.7. The van der Waals surface area contributed by atoms with E-state index < -0.39 is 23.8 Å². The van der Waals surface area contributed by atoms with Gasteiger partial charge in [0, 0.05) is 28.4 Å². The van der Waals surface area contributed by atoms with Crippen LogP contribution >= 0.6 is 23.1 Å². The molecule has 2 aliphatic heterocycles. The van der Waals surface area contributed by atoms with E-state index in [1.165, 1.54) is 11.3 Å². The van der Waals surface area contributed by atoms with Crippen LogP contribution in [0.1, 0.15) is 43.0 Å². The van der Waals surface area contributed by atoms with E-state index in [2.05, 4.69) is 9.97 Å². The molecule has 2 aromatic heterocycles. The first-order valence-corrected chi connectivity index (χ1v) is 13.4. The number of nitrogens with zero attached hydrogens (tertiary/aromatic N) is 2. The van der Waals surface area contributed by atoms with Crippen molar-refractivity contribution in [2.45, 2.75) is 48.9 Å². The highest BCUT2D eigenvalue weighted by molar-refractivity contribution is 8.00. The van der Waals surface area contributed by atoms with E-state index in [1.54, 1.807) is 18.0 Å². The quantitative estimate of drug-likeness (QED) is 0.607. The van der Waals surface area contributed by atoms with E-state index in [1.807, 2.05) is 32.2 Å². The SMILES string of the molecule is CC(C)C[C@H](C(=O)O)N1C(=O)[C@H]2[C@@H]3C[C@@H]([C@@H]2C1=O)[C@H]1[C@H](c2cccnc2)c2sc(=O)[nH]c2S[C@H]31.